The number of fused-ring (bicyclic) bond motifs is 6. The lowest BCUT2D eigenvalue weighted by molar-refractivity contribution is 0.760. The molecule has 0 saturated carbocycles. The zero-order valence-corrected chi connectivity index (χ0v) is 41.5. The predicted molar refractivity (Wildman–Crippen MR) is 315 cm³/mol. The van der Waals surface area contributed by atoms with Gasteiger partial charge in [0, 0.05) is 27.7 Å². The summed E-state index contributed by atoms with van der Waals surface area (Å²) in [6.07, 6.45) is 9.91. The third-order valence-electron chi connectivity index (χ3n) is 15.8. The van der Waals surface area contributed by atoms with E-state index in [9.17, 15) is 0 Å². The first kappa shape index (κ1) is 44.2. The number of hydrogen-bond acceptors (Lipinski definition) is 1. The van der Waals surface area contributed by atoms with Crippen molar-refractivity contribution in [3.8, 4) is 61.3 Å². The Morgan fingerprint density at radius 1 is 0.347 bits per heavy atom. The average Bonchev–Trinajstić information content (AvgIpc) is 4.10. The quantitative estimate of drug-likeness (QED) is 0.133. The summed E-state index contributed by atoms with van der Waals surface area (Å²) in [5.41, 5.74) is 22.7. The molecule has 1 atom stereocenters. The molecule has 0 amide bonds. The van der Waals surface area contributed by atoms with Gasteiger partial charge in [-0.15, -0.1) is 0 Å². The Kier molecular flexibility index (Phi) is 10.9. The molecule has 11 aromatic carbocycles. The van der Waals surface area contributed by atoms with Crippen molar-refractivity contribution < 1.29 is 0 Å². The van der Waals surface area contributed by atoms with E-state index in [2.05, 4.69) is 307 Å². The molecule has 0 radical (unpaired) electrons. The zero-order chi connectivity index (χ0) is 49.7. The van der Waals surface area contributed by atoms with Crippen molar-refractivity contribution in [2.24, 2.45) is 0 Å². The molecule has 2 heteroatoms. The fourth-order valence-electron chi connectivity index (χ4n) is 12.3. The molecule has 75 heavy (non-hydrogen) atoms. The van der Waals surface area contributed by atoms with Crippen molar-refractivity contribution in [3.63, 3.8) is 0 Å². The van der Waals surface area contributed by atoms with E-state index in [1.54, 1.807) is 0 Å². The Balaban J connectivity index is 0.828. The van der Waals surface area contributed by atoms with Crippen molar-refractivity contribution in [2.45, 2.75) is 17.9 Å². The summed E-state index contributed by atoms with van der Waals surface area (Å²) in [5.74, 6) is 0. The van der Waals surface area contributed by atoms with Gasteiger partial charge in [0.1, 0.15) is 0 Å². The number of para-hydroxylation sites is 1. The summed E-state index contributed by atoms with van der Waals surface area (Å²) in [5, 5.41) is 2.47. The maximum atomic E-state index is 2.54. The fourth-order valence-corrected chi connectivity index (χ4v) is 12.3. The highest BCUT2D eigenvalue weighted by molar-refractivity contribution is 6.12. The van der Waals surface area contributed by atoms with Gasteiger partial charge in [-0.05, 0) is 133 Å². The normalized spacial score (nSPS) is 14.2. The van der Waals surface area contributed by atoms with E-state index in [1.165, 1.54) is 105 Å². The topological polar surface area (TPSA) is 8.17 Å². The molecular formula is C73H52N2. The Morgan fingerprint density at radius 2 is 0.813 bits per heavy atom. The van der Waals surface area contributed by atoms with Crippen LogP contribution in [0.25, 0.3) is 83.1 Å². The molecule has 354 valence electrons. The summed E-state index contributed by atoms with van der Waals surface area (Å²) in [6.45, 7) is 0. The molecule has 0 aliphatic heterocycles. The summed E-state index contributed by atoms with van der Waals surface area (Å²) < 4.78 is 2.46. The molecule has 1 aromatic heterocycles. The van der Waals surface area contributed by atoms with Crippen molar-refractivity contribution in [2.75, 3.05) is 4.90 Å². The molecule has 0 fully saturated rings. The Hall–Kier alpha value is -9.50. The van der Waals surface area contributed by atoms with E-state index >= 15 is 0 Å². The van der Waals surface area contributed by atoms with Gasteiger partial charge in [-0.2, -0.15) is 0 Å². The maximum absolute atomic E-state index is 2.54. The van der Waals surface area contributed by atoms with Crippen LogP contribution in [0.3, 0.4) is 0 Å². The number of aromatic nitrogens is 1. The first-order chi connectivity index (χ1) is 37.2. The van der Waals surface area contributed by atoms with Crippen LogP contribution >= 0.6 is 0 Å². The first-order valence-corrected chi connectivity index (χ1v) is 26.2. The molecule has 1 heterocycles. The minimum Gasteiger partial charge on any atom is -0.334 e. The highest BCUT2D eigenvalue weighted by Gasteiger charge is 2.46. The third-order valence-corrected chi connectivity index (χ3v) is 15.8. The van der Waals surface area contributed by atoms with Crippen LogP contribution < -0.4 is 4.90 Å². The highest BCUT2D eigenvalue weighted by Crippen LogP contribution is 2.57. The SMILES string of the molecule is C1=CCC(N(c2ccc(-c3ccc(-c4ccccc4-n4c5ccc(-c6ccccc6)cc5c5cc(-c6ccccc6)ccc54)cc3)cc2)c2ccc3c(c2)C(c2ccccc2)(c2ccccc2)c2ccccc2-3)C=C1. The van der Waals surface area contributed by atoms with Gasteiger partial charge in [-0.3, -0.25) is 0 Å². The highest BCUT2D eigenvalue weighted by atomic mass is 15.2. The van der Waals surface area contributed by atoms with Gasteiger partial charge in [0.2, 0.25) is 0 Å². The standard InChI is InChI=1S/C73H52N2/c1-6-20-51(21-7-1)56-40-46-71-66(48-56)67-49-57(52-22-8-2-9-23-52)41-47-72(67)75(71)70-33-19-17-30-63(70)55-36-34-53(35-37-55)54-38-42-61(43-39-54)74(60-28-14-5-15-29-60)62-44-45-65-64-31-16-18-32-68(64)73(69(65)50-62,58-24-10-3-11-25-58)59-26-12-4-13-27-59/h1-28,30-50,60H,29H2. The van der Waals surface area contributed by atoms with Crippen LogP contribution in [-0.4, -0.2) is 10.6 Å². The molecule has 2 aliphatic carbocycles. The molecule has 2 nitrogen and oxygen atoms in total. The van der Waals surface area contributed by atoms with Crippen LogP contribution in [-0.2, 0) is 5.41 Å². The van der Waals surface area contributed by atoms with Crippen molar-refractivity contribution in [1.82, 2.24) is 4.57 Å². The Morgan fingerprint density at radius 3 is 1.40 bits per heavy atom. The fraction of sp³-hybridized carbons (Fsp3) is 0.0411. The Bertz CT molecular complexity index is 3980. The molecule has 0 N–H and O–H groups in total. The van der Waals surface area contributed by atoms with Crippen molar-refractivity contribution >= 4 is 33.2 Å². The number of nitrogens with zero attached hydrogens (tertiary/aromatic N) is 2. The van der Waals surface area contributed by atoms with Gasteiger partial charge in [0.15, 0.2) is 0 Å². The van der Waals surface area contributed by atoms with E-state index in [-0.39, 0.29) is 6.04 Å². The maximum Gasteiger partial charge on any atom is 0.0714 e. The second-order valence-electron chi connectivity index (χ2n) is 19.9. The minimum absolute atomic E-state index is 0.149. The number of hydrogen-bond donors (Lipinski definition) is 0. The average molecular weight is 957 g/mol. The molecule has 2 aliphatic rings. The number of allylic oxidation sites excluding steroid dienone is 2. The third kappa shape index (κ3) is 7.48. The van der Waals surface area contributed by atoms with Gasteiger partial charge < -0.3 is 9.47 Å². The summed E-state index contributed by atoms with van der Waals surface area (Å²) in [6, 6.07) is 101. The first-order valence-electron chi connectivity index (χ1n) is 26.2. The molecule has 1 unspecified atom stereocenters. The lowest BCUT2D eigenvalue weighted by atomic mass is 9.67. The second kappa shape index (κ2) is 18.5. The molecule has 0 bridgehead atoms. The van der Waals surface area contributed by atoms with E-state index < -0.39 is 5.41 Å². The summed E-state index contributed by atoms with van der Waals surface area (Å²) in [4.78, 5) is 2.54. The predicted octanol–water partition coefficient (Wildman–Crippen LogP) is 18.8. The molecular weight excluding hydrogens is 905 g/mol. The van der Waals surface area contributed by atoms with E-state index in [0.717, 1.165) is 17.8 Å². The van der Waals surface area contributed by atoms with Gasteiger partial charge in [0.25, 0.3) is 0 Å². The van der Waals surface area contributed by atoms with Crippen molar-refractivity contribution in [3.05, 3.63) is 320 Å². The van der Waals surface area contributed by atoms with Crippen LogP contribution in [0.5, 0.6) is 0 Å². The molecule has 14 rings (SSSR count). The van der Waals surface area contributed by atoms with Gasteiger partial charge >= 0.3 is 0 Å². The lowest BCUT2D eigenvalue weighted by Crippen LogP contribution is -2.31. The van der Waals surface area contributed by atoms with Crippen LogP contribution in [0.2, 0.25) is 0 Å². The van der Waals surface area contributed by atoms with E-state index in [0.29, 0.717) is 0 Å². The van der Waals surface area contributed by atoms with Crippen LogP contribution in [0, 0.1) is 0 Å². The summed E-state index contributed by atoms with van der Waals surface area (Å²) in [7, 11) is 0. The lowest BCUT2D eigenvalue weighted by Gasteiger charge is -2.36. The number of anilines is 2. The van der Waals surface area contributed by atoms with E-state index in [1.807, 2.05) is 0 Å². The van der Waals surface area contributed by atoms with Crippen LogP contribution in [0.15, 0.2) is 297 Å². The Labute approximate surface area is 439 Å². The number of rotatable bonds is 10. The van der Waals surface area contributed by atoms with Crippen molar-refractivity contribution in [1.29, 1.82) is 0 Å². The van der Waals surface area contributed by atoms with E-state index in [4.69, 9.17) is 0 Å². The largest absolute Gasteiger partial charge is 0.334 e. The van der Waals surface area contributed by atoms with Crippen LogP contribution in [0.4, 0.5) is 11.4 Å². The number of benzene rings is 11. The smallest absolute Gasteiger partial charge is 0.0714 e. The van der Waals surface area contributed by atoms with Gasteiger partial charge in [-0.25, -0.2) is 0 Å². The molecule has 0 spiro atoms. The summed E-state index contributed by atoms with van der Waals surface area (Å²) >= 11 is 0. The van der Waals surface area contributed by atoms with Gasteiger partial charge in [0.05, 0.1) is 28.2 Å². The van der Waals surface area contributed by atoms with Gasteiger partial charge in [-0.1, -0.05) is 243 Å². The minimum atomic E-state index is -0.475. The zero-order valence-electron chi connectivity index (χ0n) is 41.5. The molecule has 12 aromatic rings. The second-order valence-corrected chi connectivity index (χ2v) is 19.9. The van der Waals surface area contributed by atoms with Crippen LogP contribution in [0.1, 0.15) is 28.7 Å². The monoisotopic (exact) mass is 956 g/mol. The molecule has 0 saturated heterocycles.